The number of nitrogens with zero attached hydrogens (tertiary/aromatic N) is 5. The average molecular weight is 344 g/mol. The number of carbonyl (C=O) groups excluding carboxylic acids is 1. The van der Waals surface area contributed by atoms with Crippen molar-refractivity contribution in [2.24, 2.45) is 0 Å². The molecular weight excluding hydrogens is 324 g/mol. The summed E-state index contributed by atoms with van der Waals surface area (Å²) in [5, 5.41) is 12.9. The second-order valence-corrected chi connectivity index (χ2v) is 6.20. The van der Waals surface area contributed by atoms with Crippen LogP contribution in [0.1, 0.15) is 25.6 Å². The van der Waals surface area contributed by atoms with E-state index in [1.54, 1.807) is 35.8 Å². The quantitative estimate of drug-likeness (QED) is 0.832. The smallest absolute Gasteiger partial charge is 0.254 e. The Labute approximate surface area is 145 Å². The molecule has 9 nitrogen and oxygen atoms in total. The molecule has 1 aliphatic heterocycles. The Hall–Kier alpha value is -2.65. The van der Waals surface area contributed by atoms with Crippen LogP contribution in [0.3, 0.4) is 0 Å². The molecule has 0 aromatic carbocycles. The zero-order valence-electron chi connectivity index (χ0n) is 14.1. The van der Waals surface area contributed by atoms with E-state index < -0.39 is 11.7 Å². The van der Waals surface area contributed by atoms with Gasteiger partial charge in [-0.1, -0.05) is 0 Å². The van der Waals surface area contributed by atoms with Crippen molar-refractivity contribution in [1.29, 1.82) is 0 Å². The molecule has 1 fully saturated rings. The van der Waals surface area contributed by atoms with Gasteiger partial charge in [0.2, 0.25) is 5.95 Å². The molecule has 1 aliphatic rings. The van der Waals surface area contributed by atoms with Crippen molar-refractivity contribution in [3.05, 3.63) is 36.5 Å². The van der Waals surface area contributed by atoms with Gasteiger partial charge in [-0.25, -0.2) is 15.0 Å². The van der Waals surface area contributed by atoms with Crippen LogP contribution in [0.5, 0.6) is 0 Å². The van der Waals surface area contributed by atoms with Crippen LogP contribution in [0.2, 0.25) is 0 Å². The van der Waals surface area contributed by atoms with Crippen molar-refractivity contribution >= 4 is 17.7 Å². The number of anilines is 2. The van der Waals surface area contributed by atoms with E-state index in [-0.39, 0.29) is 5.91 Å². The minimum absolute atomic E-state index is 0.308. The van der Waals surface area contributed by atoms with Gasteiger partial charge in [-0.05, 0) is 19.9 Å². The van der Waals surface area contributed by atoms with Crippen LogP contribution in [0.25, 0.3) is 0 Å². The lowest BCUT2D eigenvalue weighted by molar-refractivity contribution is -0.155. The molecular formula is C16H20N6O3. The first-order valence-electron chi connectivity index (χ1n) is 7.93. The van der Waals surface area contributed by atoms with Gasteiger partial charge in [-0.2, -0.15) is 0 Å². The summed E-state index contributed by atoms with van der Waals surface area (Å²) in [7, 11) is 0. The van der Waals surface area contributed by atoms with E-state index in [2.05, 4.69) is 25.3 Å². The third-order valence-electron chi connectivity index (χ3n) is 3.67. The lowest BCUT2D eigenvalue weighted by Gasteiger charge is -2.35. The second-order valence-electron chi connectivity index (χ2n) is 6.20. The highest BCUT2D eigenvalue weighted by molar-refractivity contribution is 5.84. The minimum atomic E-state index is -1.42. The van der Waals surface area contributed by atoms with Gasteiger partial charge in [0, 0.05) is 18.9 Å². The zero-order chi connectivity index (χ0) is 17.9. The number of carbonyl (C=O) groups is 1. The molecule has 1 amide bonds. The fraction of sp³-hybridized carbons (Fsp3) is 0.438. The van der Waals surface area contributed by atoms with Gasteiger partial charge >= 0.3 is 0 Å². The Morgan fingerprint density at radius 1 is 1.36 bits per heavy atom. The van der Waals surface area contributed by atoms with E-state index in [0.29, 0.717) is 37.2 Å². The molecule has 1 atom stereocenters. The minimum Gasteiger partial charge on any atom is -0.381 e. The monoisotopic (exact) mass is 344 g/mol. The molecule has 2 N–H and O–H groups in total. The Balaban J connectivity index is 1.73. The van der Waals surface area contributed by atoms with E-state index in [9.17, 15) is 9.90 Å². The molecule has 0 radical (unpaired) electrons. The van der Waals surface area contributed by atoms with Crippen LogP contribution >= 0.6 is 0 Å². The maximum Gasteiger partial charge on any atom is 0.254 e. The van der Waals surface area contributed by atoms with E-state index in [1.807, 2.05) is 0 Å². The van der Waals surface area contributed by atoms with Crippen molar-refractivity contribution in [3.63, 3.8) is 0 Å². The van der Waals surface area contributed by atoms with Crippen LogP contribution in [-0.2, 0) is 9.53 Å². The molecule has 3 rings (SSSR count). The number of hydrogen-bond donors (Lipinski definition) is 2. The highest BCUT2D eigenvalue weighted by atomic mass is 16.5. The molecule has 9 heteroatoms. The van der Waals surface area contributed by atoms with Gasteiger partial charge in [-0.3, -0.25) is 9.78 Å². The van der Waals surface area contributed by atoms with Crippen molar-refractivity contribution < 1.29 is 14.6 Å². The third kappa shape index (κ3) is 4.25. The molecule has 132 valence electrons. The molecule has 2 aromatic heterocycles. The summed E-state index contributed by atoms with van der Waals surface area (Å²) in [6, 6.07) is 1.72. The molecule has 3 heterocycles. The maximum absolute atomic E-state index is 12.3. The number of aromatic nitrogens is 4. The fourth-order valence-electron chi connectivity index (χ4n) is 2.47. The van der Waals surface area contributed by atoms with Crippen LogP contribution in [0, 0.1) is 0 Å². The average Bonchev–Trinajstić information content (AvgIpc) is 2.61. The molecule has 0 aliphatic carbocycles. The van der Waals surface area contributed by atoms with E-state index in [1.165, 1.54) is 13.8 Å². The molecule has 0 bridgehead atoms. The van der Waals surface area contributed by atoms with Gasteiger partial charge < -0.3 is 20.1 Å². The topological polar surface area (TPSA) is 113 Å². The highest BCUT2D eigenvalue weighted by Crippen LogP contribution is 2.23. The summed E-state index contributed by atoms with van der Waals surface area (Å²) in [5.74, 6) is 0.566. The van der Waals surface area contributed by atoms with Gasteiger partial charge in [0.05, 0.1) is 31.2 Å². The van der Waals surface area contributed by atoms with Crippen molar-refractivity contribution in [1.82, 2.24) is 24.8 Å². The van der Waals surface area contributed by atoms with Crippen LogP contribution in [-0.4, -0.2) is 61.1 Å². The van der Waals surface area contributed by atoms with E-state index in [4.69, 9.17) is 4.74 Å². The highest BCUT2D eigenvalue weighted by Gasteiger charge is 2.34. The summed E-state index contributed by atoms with van der Waals surface area (Å²) in [6.07, 6.45) is 5.99. The molecule has 1 saturated heterocycles. The largest absolute Gasteiger partial charge is 0.381 e. The number of aliphatic hydroxyl groups is 1. The number of nitrogens with one attached hydrogen (secondary N) is 1. The number of ether oxygens (including phenoxy) is 1. The van der Waals surface area contributed by atoms with Crippen molar-refractivity contribution in [3.8, 4) is 0 Å². The SMILES string of the molecule is CC(C)(O)C(=O)N1CCOC(c2cncc(Nc3ncccn3)n2)C1. The molecule has 1 unspecified atom stereocenters. The lowest BCUT2D eigenvalue weighted by atomic mass is 10.1. The molecule has 0 spiro atoms. The summed E-state index contributed by atoms with van der Waals surface area (Å²) in [6.45, 7) is 4.06. The first-order valence-corrected chi connectivity index (χ1v) is 7.93. The van der Waals surface area contributed by atoms with Crippen LogP contribution < -0.4 is 5.32 Å². The Morgan fingerprint density at radius 3 is 2.84 bits per heavy atom. The first-order chi connectivity index (χ1) is 11.9. The molecule has 25 heavy (non-hydrogen) atoms. The van der Waals surface area contributed by atoms with Crippen LogP contribution in [0.4, 0.5) is 11.8 Å². The van der Waals surface area contributed by atoms with E-state index >= 15 is 0 Å². The van der Waals surface area contributed by atoms with Gasteiger partial charge in [-0.15, -0.1) is 0 Å². The normalized spacial score (nSPS) is 18.0. The number of rotatable bonds is 4. The molecule has 2 aromatic rings. The molecule has 0 saturated carbocycles. The Morgan fingerprint density at radius 2 is 2.12 bits per heavy atom. The number of amides is 1. The van der Waals surface area contributed by atoms with Crippen LogP contribution in [0.15, 0.2) is 30.9 Å². The predicted octanol–water partition coefficient (Wildman–Crippen LogP) is 0.681. The summed E-state index contributed by atoms with van der Waals surface area (Å²) < 4.78 is 5.73. The Kier molecular flexibility index (Phi) is 4.86. The maximum atomic E-state index is 12.3. The summed E-state index contributed by atoms with van der Waals surface area (Å²) in [5.41, 5.74) is -0.823. The fourth-order valence-corrected chi connectivity index (χ4v) is 2.47. The standard InChI is InChI=1S/C16H20N6O3/c1-16(2,24)14(23)22-6-7-25-12(10-22)11-8-17-9-13(20-11)21-15-18-4-3-5-19-15/h3-5,8-9,12,24H,6-7,10H2,1-2H3,(H,18,19,20,21). The third-order valence-corrected chi connectivity index (χ3v) is 3.67. The lowest BCUT2D eigenvalue weighted by Crippen LogP contribution is -2.50. The van der Waals surface area contributed by atoms with Gasteiger partial charge in [0.25, 0.3) is 5.91 Å². The number of morpholine rings is 1. The van der Waals surface area contributed by atoms with Crippen molar-refractivity contribution in [2.45, 2.75) is 25.6 Å². The van der Waals surface area contributed by atoms with Crippen molar-refractivity contribution in [2.75, 3.05) is 25.0 Å². The summed E-state index contributed by atoms with van der Waals surface area (Å²) >= 11 is 0. The van der Waals surface area contributed by atoms with Gasteiger partial charge in [0.1, 0.15) is 11.7 Å². The Bertz CT molecular complexity index is 734. The number of hydrogen-bond acceptors (Lipinski definition) is 8. The predicted molar refractivity (Wildman–Crippen MR) is 88.9 cm³/mol. The van der Waals surface area contributed by atoms with E-state index in [0.717, 1.165) is 0 Å². The zero-order valence-corrected chi connectivity index (χ0v) is 14.1. The van der Waals surface area contributed by atoms with Gasteiger partial charge in [0.15, 0.2) is 5.82 Å². The summed E-state index contributed by atoms with van der Waals surface area (Å²) in [4.78, 5) is 30.6. The second kappa shape index (κ2) is 7.08. The first kappa shape index (κ1) is 17.2.